The van der Waals surface area contributed by atoms with Gasteiger partial charge in [-0.3, -0.25) is 19.5 Å². The molecule has 0 unspecified atom stereocenters. The van der Waals surface area contributed by atoms with Gasteiger partial charge in [0.1, 0.15) is 0 Å². The molecule has 6 nitrogen and oxygen atoms in total. The van der Waals surface area contributed by atoms with Crippen LogP contribution in [-0.4, -0.2) is 54.4 Å². The van der Waals surface area contributed by atoms with Crippen LogP contribution in [0, 0.1) is 0 Å². The maximum atomic E-state index is 12.0. The largest absolute Gasteiger partial charge is 0.359 e. The lowest BCUT2D eigenvalue weighted by Crippen LogP contribution is -2.42. The highest BCUT2D eigenvalue weighted by molar-refractivity contribution is 5.76. The molecule has 0 saturated carbocycles. The molecule has 2 atom stereocenters. The molecule has 1 aliphatic rings. The number of hydrogen-bond donors (Lipinski definition) is 2. The Morgan fingerprint density at radius 2 is 2.04 bits per heavy atom. The molecule has 1 saturated heterocycles. The fraction of sp³-hybridized carbons (Fsp3) is 0.632. The van der Waals surface area contributed by atoms with E-state index in [-0.39, 0.29) is 17.9 Å². The van der Waals surface area contributed by atoms with Crippen molar-refractivity contribution in [2.24, 2.45) is 0 Å². The Balaban J connectivity index is 1.59. The van der Waals surface area contributed by atoms with E-state index in [0.29, 0.717) is 25.4 Å². The lowest BCUT2D eigenvalue weighted by Gasteiger charge is -2.25. The molecular weight excluding hydrogens is 316 g/mol. The van der Waals surface area contributed by atoms with Gasteiger partial charge < -0.3 is 10.6 Å². The number of carbonyl (C=O) groups excluding carboxylic acids is 2. The van der Waals surface area contributed by atoms with Gasteiger partial charge in [-0.1, -0.05) is 6.07 Å². The highest BCUT2D eigenvalue weighted by Crippen LogP contribution is 2.24. The van der Waals surface area contributed by atoms with Gasteiger partial charge in [0.2, 0.25) is 11.8 Å². The molecule has 1 aromatic heterocycles. The molecule has 0 aromatic carbocycles. The second kappa shape index (κ2) is 10.1. The first-order valence-corrected chi connectivity index (χ1v) is 9.18. The van der Waals surface area contributed by atoms with Crippen LogP contribution in [0.5, 0.6) is 0 Å². The molecule has 25 heavy (non-hydrogen) atoms. The summed E-state index contributed by atoms with van der Waals surface area (Å²) in [6.45, 7) is 0.669. The number of hydrogen-bond acceptors (Lipinski definition) is 4. The zero-order chi connectivity index (χ0) is 18.1. The Morgan fingerprint density at radius 1 is 1.24 bits per heavy atom. The minimum absolute atomic E-state index is 0.0788. The zero-order valence-corrected chi connectivity index (χ0v) is 15.3. The van der Waals surface area contributed by atoms with E-state index in [1.807, 2.05) is 19.3 Å². The quantitative estimate of drug-likeness (QED) is 0.665. The summed E-state index contributed by atoms with van der Waals surface area (Å²) in [7, 11) is 3.72. The zero-order valence-electron chi connectivity index (χ0n) is 15.3. The lowest BCUT2D eigenvalue weighted by atomic mass is 10.1. The van der Waals surface area contributed by atoms with Crippen LogP contribution in [0.2, 0.25) is 0 Å². The maximum Gasteiger partial charge on any atom is 0.221 e. The number of likely N-dealkylation sites (N-methyl/N-ethyl adjacent to an activating group) is 1. The van der Waals surface area contributed by atoms with E-state index in [4.69, 9.17) is 0 Å². The van der Waals surface area contributed by atoms with Crippen LogP contribution in [0.15, 0.2) is 24.5 Å². The van der Waals surface area contributed by atoms with Crippen LogP contribution in [0.4, 0.5) is 0 Å². The molecule has 2 rings (SSSR count). The van der Waals surface area contributed by atoms with Gasteiger partial charge in [-0.15, -0.1) is 0 Å². The van der Waals surface area contributed by atoms with E-state index in [1.54, 1.807) is 13.2 Å². The minimum Gasteiger partial charge on any atom is -0.359 e. The van der Waals surface area contributed by atoms with Gasteiger partial charge in [-0.2, -0.15) is 0 Å². The third-order valence-electron chi connectivity index (χ3n) is 5.06. The van der Waals surface area contributed by atoms with Crippen molar-refractivity contribution < 1.29 is 9.59 Å². The molecule has 6 heteroatoms. The van der Waals surface area contributed by atoms with E-state index < -0.39 is 0 Å². The van der Waals surface area contributed by atoms with Crippen LogP contribution in [0.25, 0.3) is 0 Å². The highest BCUT2D eigenvalue weighted by atomic mass is 16.2. The summed E-state index contributed by atoms with van der Waals surface area (Å²) >= 11 is 0. The fourth-order valence-corrected chi connectivity index (χ4v) is 3.38. The maximum absolute atomic E-state index is 12.0. The average molecular weight is 346 g/mol. The van der Waals surface area contributed by atoms with Crippen LogP contribution in [-0.2, 0) is 16.0 Å². The van der Waals surface area contributed by atoms with Crippen LogP contribution >= 0.6 is 0 Å². The fourth-order valence-electron chi connectivity index (χ4n) is 3.38. The number of nitrogens with one attached hydrogen (secondary N) is 2. The molecule has 2 heterocycles. The third kappa shape index (κ3) is 6.46. The summed E-state index contributed by atoms with van der Waals surface area (Å²) in [6.07, 6.45) is 9.64. The first-order chi connectivity index (χ1) is 12.1. The Kier molecular flexibility index (Phi) is 7.85. The van der Waals surface area contributed by atoms with Crippen molar-refractivity contribution in [3.05, 3.63) is 30.1 Å². The monoisotopic (exact) mass is 346 g/mol. The molecule has 1 aliphatic heterocycles. The van der Waals surface area contributed by atoms with E-state index >= 15 is 0 Å². The van der Waals surface area contributed by atoms with Crippen molar-refractivity contribution >= 4 is 11.8 Å². The number of unbranched alkanes of at least 4 members (excludes halogenated alkanes) is 1. The molecule has 0 spiro atoms. The number of amides is 2. The number of nitrogens with zero attached hydrogens (tertiary/aromatic N) is 2. The molecule has 0 radical (unpaired) electrons. The number of likely N-dealkylation sites (tertiary alicyclic amines) is 1. The molecular formula is C19H30N4O2. The number of aryl methyl sites for hydroxylation is 1. The Morgan fingerprint density at radius 3 is 2.76 bits per heavy atom. The number of rotatable bonds is 9. The number of pyridine rings is 1. The van der Waals surface area contributed by atoms with Crippen molar-refractivity contribution in [1.82, 2.24) is 20.5 Å². The molecule has 2 N–H and O–H groups in total. The van der Waals surface area contributed by atoms with Crippen molar-refractivity contribution in [3.8, 4) is 0 Å². The summed E-state index contributed by atoms with van der Waals surface area (Å²) in [5.74, 6) is 0.199. The van der Waals surface area contributed by atoms with Crippen molar-refractivity contribution in [2.45, 2.75) is 57.0 Å². The minimum atomic E-state index is 0.0788. The molecule has 0 aliphatic carbocycles. The number of carbonyl (C=O) groups is 2. The summed E-state index contributed by atoms with van der Waals surface area (Å²) in [5, 5.41) is 5.73. The van der Waals surface area contributed by atoms with E-state index in [0.717, 1.165) is 32.1 Å². The van der Waals surface area contributed by atoms with Gasteiger partial charge in [0.25, 0.3) is 0 Å². The van der Waals surface area contributed by atoms with Crippen LogP contribution < -0.4 is 10.6 Å². The van der Waals surface area contributed by atoms with Gasteiger partial charge >= 0.3 is 0 Å². The molecule has 2 amide bonds. The summed E-state index contributed by atoms with van der Waals surface area (Å²) < 4.78 is 0. The standard InChI is InChI=1S/C19H30N4O2/c1-20-19(25)12-16-9-10-17(23(16)2)14-22-18(24)8-4-3-6-15-7-5-11-21-13-15/h5,7,11,13,16-17H,3-4,6,8-10,12,14H2,1-2H3,(H,20,25)(H,22,24)/t16-,17+/m1/s1. The van der Waals surface area contributed by atoms with Crippen molar-refractivity contribution in [1.29, 1.82) is 0 Å². The van der Waals surface area contributed by atoms with Crippen molar-refractivity contribution in [3.63, 3.8) is 0 Å². The SMILES string of the molecule is CNC(=O)C[C@H]1CC[C@@H](CNC(=O)CCCCc2cccnc2)N1C. The highest BCUT2D eigenvalue weighted by Gasteiger charge is 2.31. The van der Waals surface area contributed by atoms with Gasteiger partial charge in [0, 0.05) is 50.9 Å². The predicted molar refractivity (Wildman–Crippen MR) is 98.1 cm³/mol. The van der Waals surface area contributed by atoms with Crippen molar-refractivity contribution in [2.75, 3.05) is 20.6 Å². The lowest BCUT2D eigenvalue weighted by molar-refractivity contribution is -0.122. The molecule has 0 bridgehead atoms. The van der Waals surface area contributed by atoms with Gasteiger partial charge in [0.15, 0.2) is 0 Å². The first-order valence-electron chi connectivity index (χ1n) is 9.18. The normalized spacial score (nSPS) is 20.4. The first kappa shape index (κ1) is 19.4. The Hall–Kier alpha value is -1.95. The second-order valence-corrected chi connectivity index (χ2v) is 6.80. The summed E-state index contributed by atoms with van der Waals surface area (Å²) in [4.78, 5) is 29.9. The van der Waals surface area contributed by atoms with E-state index in [2.05, 4.69) is 26.6 Å². The van der Waals surface area contributed by atoms with Crippen LogP contribution in [0.3, 0.4) is 0 Å². The predicted octanol–water partition coefficient (Wildman–Crippen LogP) is 1.51. The molecule has 138 valence electrons. The topological polar surface area (TPSA) is 74.3 Å². The summed E-state index contributed by atoms with van der Waals surface area (Å²) in [6, 6.07) is 4.62. The molecule has 1 fully saturated rings. The third-order valence-corrected chi connectivity index (χ3v) is 5.06. The summed E-state index contributed by atoms with van der Waals surface area (Å²) in [5.41, 5.74) is 1.22. The smallest absolute Gasteiger partial charge is 0.221 e. The Labute approximate surface area is 150 Å². The van der Waals surface area contributed by atoms with E-state index in [9.17, 15) is 9.59 Å². The van der Waals surface area contributed by atoms with E-state index in [1.165, 1.54) is 5.56 Å². The van der Waals surface area contributed by atoms with Gasteiger partial charge in [-0.05, 0) is 50.8 Å². The second-order valence-electron chi connectivity index (χ2n) is 6.80. The van der Waals surface area contributed by atoms with Crippen LogP contribution in [0.1, 0.15) is 44.1 Å². The Bertz CT molecular complexity index is 550. The van der Waals surface area contributed by atoms with Gasteiger partial charge in [-0.25, -0.2) is 0 Å². The average Bonchev–Trinajstić information content (AvgIpc) is 2.97. The van der Waals surface area contributed by atoms with Gasteiger partial charge in [0.05, 0.1) is 0 Å². The molecule has 1 aromatic rings. The number of aromatic nitrogens is 1.